The van der Waals surface area contributed by atoms with Gasteiger partial charge >= 0.3 is 6.18 Å². The predicted molar refractivity (Wildman–Crippen MR) is 60.5 cm³/mol. The summed E-state index contributed by atoms with van der Waals surface area (Å²) in [6.07, 6.45) is -3.26. The Hall–Kier alpha value is -1.96. The lowest BCUT2D eigenvalue weighted by Crippen LogP contribution is -2.09. The van der Waals surface area contributed by atoms with E-state index in [0.29, 0.717) is 5.56 Å². The van der Waals surface area contributed by atoms with Crippen LogP contribution in [0.25, 0.3) is 11.3 Å². The van der Waals surface area contributed by atoms with Crippen LogP contribution in [0.4, 0.5) is 13.2 Å². The van der Waals surface area contributed by atoms with Crippen LogP contribution in [0, 0.1) is 4.77 Å². The van der Waals surface area contributed by atoms with E-state index in [9.17, 15) is 18.0 Å². The van der Waals surface area contributed by atoms with Crippen LogP contribution in [0.5, 0.6) is 0 Å². The van der Waals surface area contributed by atoms with Crippen molar-refractivity contribution in [2.75, 3.05) is 0 Å². The molecule has 0 aliphatic heterocycles. The Labute approximate surface area is 104 Å². The van der Waals surface area contributed by atoms with Crippen LogP contribution in [-0.2, 0) is 6.18 Å². The van der Waals surface area contributed by atoms with E-state index >= 15 is 0 Å². The molecule has 2 aromatic rings. The van der Waals surface area contributed by atoms with Crippen LogP contribution in [0.3, 0.4) is 0 Å². The number of aromatic amines is 2. The molecule has 94 valence electrons. The summed E-state index contributed by atoms with van der Waals surface area (Å²) < 4.78 is 37.4. The van der Waals surface area contributed by atoms with Crippen molar-refractivity contribution < 1.29 is 13.2 Å². The van der Waals surface area contributed by atoms with Gasteiger partial charge < -0.3 is 9.97 Å². The molecule has 0 unspecified atom stereocenters. The summed E-state index contributed by atoms with van der Waals surface area (Å²) in [4.78, 5) is 19.0. The fraction of sp³-hybridized carbons (Fsp3) is 0.100. The maximum Gasteiger partial charge on any atom is 0.431 e. The first kappa shape index (κ1) is 12.5. The van der Waals surface area contributed by atoms with Crippen LogP contribution in [0.1, 0.15) is 5.69 Å². The van der Waals surface area contributed by atoms with Crippen molar-refractivity contribution in [2.24, 2.45) is 0 Å². The zero-order valence-electron chi connectivity index (χ0n) is 8.71. The molecule has 2 rings (SSSR count). The van der Waals surface area contributed by atoms with E-state index in [4.69, 9.17) is 0 Å². The van der Waals surface area contributed by atoms with E-state index in [2.05, 4.69) is 22.2 Å². The minimum absolute atomic E-state index is 0.0438. The molecule has 0 bridgehead atoms. The van der Waals surface area contributed by atoms with Gasteiger partial charge in [-0.2, -0.15) is 13.2 Å². The van der Waals surface area contributed by atoms with Crippen LogP contribution < -0.4 is 5.56 Å². The van der Waals surface area contributed by atoms with Crippen LogP contribution in [-0.4, -0.2) is 15.0 Å². The number of nitrogens with zero attached hydrogens (tertiary/aromatic N) is 1. The van der Waals surface area contributed by atoms with E-state index in [1.807, 2.05) is 4.98 Å². The maximum absolute atomic E-state index is 12.6. The van der Waals surface area contributed by atoms with E-state index < -0.39 is 11.9 Å². The van der Waals surface area contributed by atoms with E-state index in [1.54, 1.807) is 0 Å². The van der Waals surface area contributed by atoms with Gasteiger partial charge in [-0.1, -0.05) is 0 Å². The first-order chi connectivity index (χ1) is 8.36. The lowest BCUT2D eigenvalue weighted by Gasteiger charge is -2.08. The molecule has 0 aliphatic carbocycles. The van der Waals surface area contributed by atoms with Gasteiger partial charge in [-0.25, -0.2) is 4.98 Å². The van der Waals surface area contributed by atoms with Gasteiger partial charge in [0, 0.05) is 17.8 Å². The van der Waals surface area contributed by atoms with Crippen molar-refractivity contribution in [1.82, 2.24) is 15.0 Å². The summed E-state index contributed by atoms with van der Waals surface area (Å²) in [6, 6.07) is 3.41. The van der Waals surface area contributed by atoms with Crippen molar-refractivity contribution in [2.45, 2.75) is 6.18 Å². The van der Waals surface area contributed by atoms with Crippen LogP contribution >= 0.6 is 12.2 Å². The highest BCUT2D eigenvalue weighted by Gasteiger charge is 2.32. The molecular weight excluding hydrogens is 267 g/mol. The fourth-order valence-electron chi connectivity index (χ4n) is 1.33. The normalized spacial score (nSPS) is 11.5. The lowest BCUT2D eigenvalue weighted by molar-refractivity contribution is -0.141. The molecule has 2 aromatic heterocycles. The fourth-order valence-corrected chi connectivity index (χ4v) is 1.54. The van der Waals surface area contributed by atoms with Gasteiger partial charge in [-0.05, 0) is 24.4 Å². The first-order valence-electron chi connectivity index (χ1n) is 4.74. The molecule has 0 spiro atoms. The van der Waals surface area contributed by atoms with E-state index in [-0.39, 0.29) is 16.0 Å². The van der Waals surface area contributed by atoms with Gasteiger partial charge in [0.1, 0.15) is 5.69 Å². The molecule has 2 N–H and O–H groups in total. The molecule has 0 radical (unpaired) electrons. The molecule has 0 saturated heterocycles. The van der Waals surface area contributed by atoms with Gasteiger partial charge in [0.25, 0.3) is 0 Å². The summed E-state index contributed by atoms with van der Waals surface area (Å²) in [5.74, 6) is 0. The molecule has 0 atom stereocenters. The van der Waals surface area contributed by atoms with Crippen molar-refractivity contribution >= 4 is 12.2 Å². The zero-order valence-corrected chi connectivity index (χ0v) is 9.52. The van der Waals surface area contributed by atoms with Gasteiger partial charge in [-0.3, -0.25) is 4.79 Å². The zero-order chi connectivity index (χ0) is 13.3. The SMILES string of the molecule is O=c1ccc(-c2cc(C(F)(F)F)[nH]c(=S)n2)c[nH]1. The number of H-pyrrole nitrogens is 2. The molecule has 8 heteroatoms. The molecule has 4 nitrogen and oxygen atoms in total. The predicted octanol–water partition coefficient (Wildman–Crippen LogP) is 2.51. The quantitative estimate of drug-likeness (QED) is 0.785. The summed E-state index contributed by atoms with van der Waals surface area (Å²) >= 11 is 4.64. The molecule has 0 fully saturated rings. The maximum atomic E-state index is 12.6. The van der Waals surface area contributed by atoms with Crippen molar-refractivity contribution in [1.29, 1.82) is 0 Å². The van der Waals surface area contributed by atoms with Gasteiger partial charge in [0.05, 0.1) is 5.69 Å². The highest BCUT2D eigenvalue weighted by atomic mass is 32.1. The van der Waals surface area contributed by atoms with Crippen molar-refractivity contribution in [3.05, 3.63) is 45.2 Å². The Kier molecular flexibility index (Phi) is 3.04. The number of hydrogen-bond acceptors (Lipinski definition) is 3. The number of pyridine rings is 1. The Bertz CT molecular complexity index is 669. The molecule has 0 saturated carbocycles. The Morgan fingerprint density at radius 3 is 2.56 bits per heavy atom. The molecular formula is C10H6F3N3OS. The average molecular weight is 273 g/mol. The largest absolute Gasteiger partial charge is 0.431 e. The van der Waals surface area contributed by atoms with Gasteiger partial charge in [-0.15, -0.1) is 0 Å². The van der Waals surface area contributed by atoms with Crippen LogP contribution in [0.15, 0.2) is 29.2 Å². The number of halogens is 3. The minimum atomic E-state index is -4.53. The summed E-state index contributed by atoms with van der Waals surface area (Å²) in [5.41, 5.74) is -0.942. The lowest BCUT2D eigenvalue weighted by atomic mass is 10.2. The number of hydrogen-bond donors (Lipinski definition) is 2. The minimum Gasteiger partial charge on any atom is -0.328 e. The average Bonchev–Trinajstić information content (AvgIpc) is 2.28. The van der Waals surface area contributed by atoms with Crippen LogP contribution in [0.2, 0.25) is 0 Å². The topological polar surface area (TPSA) is 61.5 Å². The monoisotopic (exact) mass is 273 g/mol. The highest BCUT2D eigenvalue weighted by Crippen LogP contribution is 2.29. The van der Waals surface area contributed by atoms with E-state index in [0.717, 1.165) is 6.07 Å². The Balaban J connectivity index is 2.59. The second-order valence-corrected chi connectivity index (χ2v) is 3.81. The van der Waals surface area contributed by atoms with Crippen molar-refractivity contribution in [3.63, 3.8) is 0 Å². The molecule has 0 aromatic carbocycles. The number of aromatic nitrogens is 3. The second-order valence-electron chi connectivity index (χ2n) is 3.42. The van der Waals surface area contributed by atoms with Gasteiger partial charge in [0.2, 0.25) is 5.56 Å². The van der Waals surface area contributed by atoms with Crippen molar-refractivity contribution in [3.8, 4) is 11.3 Å². The second kappa shape index (κ2) is 4.37. The number of alkyl halides is 3. The van der Waals surface area contributed by atoms with E-state index in [1.165, 1.54) is 18.3 Å². The smallest absolute Gasteiger partial charge is 0.328 e. The highest BCUT2D eigenvalue weighted by molar-refractivity contribution is 7.71. The standard InChI is InChI=1S/C10H6F3N3OS/c11-10(12,13)7-3-6(15-9(18)16-7)5-1-2-8(17)14-4-5/h1-4H,(H,14,17)(H,15,16,18). The third-order valence-corrected chi connectivity index (χ3v) is 2.32. The Morgan fingerprint density at radius 1 is 1.28 bits per heavy atom. The molecule has 2 heterocycles. The Morgan fingerprint density at radius 2 is 2.00 bits per heavy atom. The first-order valence-corrected chi connectivity index (χ1v) is 5.15. The third kappa shape index (κ3) is 2.65. The number of nitrogens with one attached hydrogen (secondary N) is 2. The molecule has 0 amide bonds. The summed E-state index contributed by atoms with van der Waals surface area (Å²) in [6.45, 7) is 0. The van der Waals surface area contributed by atoms with Gasteiger partial charge in [0.15, 0.2) is 4.77 Å². The number of rotatable bonds is 1. The molecule has 0 aliphatic rings. The summed E-state index contributed by atoms with van der Waals surface area (Å²) in [5, 5.41) is 0. The molecule has 18 heavy (non-hydrogen) atoms. The third-order valence-electron chi connectivity index (χ3n) is 2.13. The summed E-state index contributed by atoms with van der Waals surface area (Å²) in [7, 11) is 0.